The lowest BCUT2D eigenvalue weighted by atomic mass is 9.84. The number of hydrogen-bond donors (Lipinski definition) is 4. The number of likely N-dealkylation sites (tertiary alicyclic amines) is 1. The van der Waals surface area contributed by atoms with Gasteiger partial charge in [-0.25, -0.2) is 10.0 Å². The molecular weight excluding hydrogens is 783 g/mol. The fourth-order valence-electron chi connectivity index (χ4n) is 7.32. The van der Waals surface area contributed by atoms with Crippen LogP contribution in [0.15, 0.2) is 29.6 Å². The Labute approximate surface area is 361 Å². The number of likely N-dealkylation sites (N-methyl/N-ethyl adjacent to an activating group) is 1. The van der Waals surface area contributed by atoms with E-state index < -0.39 is 53.4 Å². The number of aliphatic carboxylic acids is 1. The first kappa shape index (κ1) is 49.9. The van der Waals surface area contributed by atoms with Crippen LogP contribution < -0.4 is 15.9 Å². The van der Waals surface area contributed by atoms with Gasteiger partial charge in [0.05, 0.1) is 24.1 Å². The number of hydrogen-bond acceptors (Lipinski definition) is 11. The molecule has 1 aromatic carbocycles. The van der Waals surface area contributed by atoms with Crippen LogP contribution in [0.4, 0.5) is 5.69 Å². The van der Waals surface area contributed by atoms with Crippen LogP contribution in [0.25, 0.3) is 0 Å². The first-order valence-electron chi connectivity index (χ1n) is 21.3. The number of ether oxygens (including phenoxy) is 1. The third-order valence-corrected chi connectivity index (χ3v) is 12.1. The zero-order chi connectivity index (χ0) is 44.6. The lowest BCUT2D eigenvalue weighted by molar-refractivity contribution is -0.213. The van der Waals surface area contributed by atoms with Crippen molar-refractivity contribution in [1.82, 2.24) is 25.6 Å². The van der Waals surface area contributed by atoms with Crippen LogP contribution >= 0.6 is 11.3 Å². The number of carbonyl (C=O) groups is 5. The molecule has 0 saturated carbocycles. The van der Waals surface area contributed by atoms with E-state index in [1.54, 1.807) is 19.2 Å². The van der Waals surface area contributed by atoms with E-state index in [0.717, 1.165) is 49.4 Å². The van der Waals surface area contributed by atoms with E-state index in [2.05, 4.69) is 26.8 Å². The molecule has 3 amide bonds. The van der Waals surface area contributed by atoms with Crippen LogP contribution in [0.5, 0.6) is 0 Å². The van der Waals surface area contributed by atoms with Crippen LogP contribution in [-0.4, -0.2) is 101 Å². The van der Waals surface area contributed by atoms with Gasteiger partial charge in [-0.1, -0.05) is 59.5 Å². The lowest BCUT2D eigenvalue weighted by Crippen LogP contribution is -2.58. The molecule has 4 N–H and O–H groups in total. The molecule has 16 heteroatoms. The number of terminal acetylenes is 1. The third-order valence-electron chi connectivity index (χ3n) is 11.1. The van der Waals surface area contributed by atoms with Gasteiger partial charge in [-0.2, -0.15) is 0 Å². The molecule has 0 spiro atoms. The normalized spacial score (nSPS) is 17.0. The first-order valence-corrected chi connectivity index (χ1v) is 22.2. The van der Waals surface area contributed by atoms with Gasteiger partial charge in [-0.3, -0.25) is 33.7 Å². The lowest BCUT2D eigenvalue weighted by Gasteiger charge is -2.39. The van der Waals surface area contributed by atoms with Gasteiger partial charge in [0, 0.05) is 36.9 Å². The topological polar surface area (TPSA) is 180 Å². The number of nitrogens with one attached hydrogen (secondary N) is 3. The Morgan fingerprint density at radius 1 is 1.13 bits per heavy atom. The molecule has 1 aromatic heterocycles. The van der Waals surface area contributed by atoms with E-state index in [1.807, 2.05) is 70.7 Å². The zero-order valence-electron chi connectivity index (χ0n) is 37.0. The average Bonchev–Trinajstić information content (AvgIpc) is 3.70. The summed E-state index contributed by atoms with van der Waals surface area (Å²) in [6.45, 7) is 15.2. The maximum Gasteiger partial charge on any atom is 0.309 e. The molecule has 2 heterocycles. The van der Waals surface area contributed by atoms with E-state index >= 15 is 0 Å². The summed E-state index contributed by atoms with van der Waals surface area (Å²) >= 11 is 1.14. The van der Waals surface area contributed by atoms with Crippen molar-refractivity contribution >= 4 is 54.1 Å². The molecule has 3 rings (SSSR count). The molecule has 1 fully saturated rings. The summed E-state index contributed by atoms with van der Waals surface area (Å²) in [5.41, 5.74) is 0.835. The monoisotopic (exact) mass is 850 g/mol. The minimum Gasteiger partial charge on any atom is -0.481 e. The number of nitrogens with zero attached hydrogens (tertiary/aromatic N) is 3. The quantitative estimate of drug-likeness (QED) is 0.0320. The molecular formula is C44H67BN6O8S. The highest BCUT2D eigenvalue weighted by Gasteiger charge is 2.40. The molecule has 330 valence electrons. The molecule has 1 saturated heterocycles. The van der Waals surface area contributed by atoms with Crippen molar-refractivity contribution < 1.29 is 38.7 Å². The van der Waals surface area contributed by atoms with Crippen molar-refractivity contribution in [3.05, 3.63) is 45.9 Å². The summed E-state index contributed by atoms with van der Waals surface area (Å²) in [6.07, 6.45) is 9.37. The molecule has 1 aliphatic rings. The Bertz CT molecular complexity index is 1760. The summed E-state index contributed by atoms with van der Waals surface area (Å²) in [7, 11) is 2.69. The van der Waals surface area contributed by atoms with Crippen molar-refractivity contribution in [2.24, 2.45) is 17.3 Å². The van der Waals surface area contributed by atoms with E-state index in [1.165, 1.54) is 12.0 Å². The first-order chi connectivity index (χ1) is 28.4. The summed E-state index contributed by atoms with van der Waals surface area (Å²) < 4.78 is 5.86. The largest absolute Gasteiger partial charge is 0.481 e. The molecule has 6 atom stereocenters. The van der Waals surface area contributed by atoms with E-state index in [9.17, 15) is 29.1 Å². The molecule has 1 aliphatic heterocycles. The standard InChI is InChI=1S/C44H67BN6O8S/c1-11-13-16-23-58-51(42(55)38(29(5)12-2)48-40(54)35-17-14-15-22-50(35)10)36(28(3)4)25-37(59-30(6)52)41-47-34(27-60-41)39(53)46-33(26-44(7,8)43(56)57)24-31-18-20-32(21-19-31)49-45-9/h1,18-21,27-29,33,35-38,45,49H,12-17,22-26H2,2-10H3,(H,46,53)(H,48,54)(H,56,57)/t29-,33-,35+,36+,37+,38-/m0/s1. The Morgan fingerprint density at radius 3 is 2.42 bits per heavy atom. The number of piperidine rings is 1. The Balaban J connectivity index is 1.94. The maximum absolute atomic E-state index is 14.7. The number of aromatic nitrogens is 1. The van der Waals surface area contributed by atoms with Crippen LogP contribution in [-0.2, 0) is 35.2 Å². The summed E-state index contributed by atoms with van der Waals surface area (Å²) in [5, 5.41) is 22.5. The molecule has 14 nitrogen and oxygen atoms in total. The number of anilines is 1. The van der Waals surface area contributed by atoms with Gasteiger partial charge < -0.3 is 25.7 Å². The van der Waals surface area contributed by atoms with Gasteiger partial charge in [-0.15, -0.1) is 23.7 Å². The number of thiazole rings is 1. The smallest absolute Gasteiger partial charge is 0.309 e. The highest BCUT2D eigenvalue weighted by molar-refractivity contribution is 7.09. The Morgan fingerprint density at radius 2 is 1.83 bits per heavy atom. The van der Waals surface area contributed by atoms with Crippen LogP contribution in [0.2, 0.25) is 6.82 Å². The van der Waals surface area contributed by atoms with Gasteiger partial charge >= 0.3 is 11.9 Å². The van der Waals surface area contributed by atoms with Crippen molar-refractivity contribution in [3.63, 3.8) is 0 Å². The van der Waals surface area contributed by atoms with Gasteiger partial charge in [0.1, 0.15) is 16.7 Å². The van der Waals surface area contributed by atoms with E-state index in [0.29, 0.717) is 37.1 Å². The fourth-order valence-corrected chi connectivity index (χ4v) is 8.16. The molecule has 0 unspecified atom stereocenters. The van der Waals surface area contributed by atoms with E-state index in [4.69, 9.17) is 16.0 Å². The zero-order valence-corrected chi connectivity index (χ0v) is 37.9. The second-order valence-corrected chi connectivity index (χ2v) is 17.8. The minimum absolute atomic E-state index is 0.0809. The second kappa shape index (κ2) is 24.1. The summed E-state index contributed by atoms with van der Waals surface area (Å²) in [6, 6.07) is 5.35. The summed E-state index contributed by atoms with van der Waals surface area (Å²) in [5.74, 6) is -0.518. The van der Waals surface area contributed by atoms with Gasteiger partial charge in [-0.05, 0) is 89.1 Å². The number of esters is 1. The van der Waals surface area contributed by atoms with Gasteiger partial charge in [0.15, 0.2) is 6.10 Å². The van der Waals surface area contributed by atoms with Crippen LogP contribution in [0.1, 0.15) is 127 Å². The number of carbonyl (C=O) groups excluding carboxylic acids is 4. The molecule has 0 aliphatic carbocycles. The molecule has 0 bridgehead atoms. The van der Waals surface area contributed by atoms with Crippen molar-refractivity contribution in [3.8, 4) is 12.3 Å². The average molecular weight is 851 g/mol. The number of unbranched alkanes of at least 4 members (excludes halogenated alkanes) is 1. The summed E-state index contributed by atoms with van der Waals surface area (Å²) in [4.78, 5) is 79.9. The third kappa shape index (κ3) is 14.9. The van der Waals surface area contributed by atoms with Gasteiger partial charge in [0.2, 0.25) is 13.3 Å². The van der Waals surface area contributed by atoms with E-state index in [-0.39, 0.29) is 48.9 Å². The second-order valence-electron chi connectivity index (χ2n) is 16.9. The van der Waals surface area contributed by atoms with Crippen molar-refractivity contribution in [2.75, 3.05) is 25.4 Å². The predicted molar refractivity (Wildman–Crippen MR) is 236 cm³/mol. The minimum atomic E-state index is -1.13. The number of hydroxylamine groups is 2. The van der Waals surface area contributed by atoms with Crippen LogP contribution in [0, 0.1) is 29.6 Å². The highest BCUT2D eigenvalue weighted by Crippen LogP contribution is 2.32. The molecule has 2 aromatic rings. The molecule has 0 radical (unpaired) electrons. The number of benzene rings is 1. The number of amides is 3. The number of rotatable bonds is 24. The fraction of sp³-hybridized carbons (Fsp3) is 0.636. The highest BCUT2D eigenvalue weighted by atomic mass is 32.1. The van der Waals surface area contributed by atoms with Crippen LogP contribution in [0.3, 0.4) is 0 Å². The number of carboxylic acids is 1. The Kier molecular flexibility index (Phi) is 20.0. The Hall–Kier alpha value is -4.46. The number of carboxylic acid groups (broad SMARTS) is 1. The van der Waals surface area contributed by atoms with Gasteiger partial charge in [0.25, 0.3) is 11.8 Å². The van der Waals surface area contributed by atoms with Crippen molar-refractivity contribution in [2.45, 2.75) is 143 Å². The SMILES string of the molecule is C#CCCCON(C(=O)[C@@H](NC(=O)[C@H]1CCCCN1C)[C@@H](C)CC)[C@H](C[C@@H](OC(C)=O)c1nc(C(=O)N[C@@H](Cc2ccc(NBC)cc2)CC(C)(C)C(=O)O)cs1)C(C)C. The van der Waals surface area contributed by atoms with Crippen molar-refractivity contribution in [1.29, 1.82) is 0 Å². The predicted octanol–water partition coefficient (Wildman–Crippen LogP) is 6.00. The maximum atomic E-state index is 14.7. The molecule has 60 heavy (non-hydrogen) atoms.